The highest BCUT2D eigenvalue weighted by Crippen LogP contribution is 2.18. The van der Waals surface area contributed by atoms with Crippen molar-refractivity contribution in [2.45, 2.75) is 328 Å². The van der Waals surface area contributed by atoms with E-state index in [1.165, 1.54) is 135 Å². The van der Waals surface area contributed by atoms with E-state index in [-0.39, 0.29) is 36.0 Å². The molecule has 0 aliphatic rings. The fraction of sp³-hybridized carbons (Fsp3) is 0.948. The van der Waals surface area contributed by atoms with Crippen molar-refractivity contribution >= 4 is 17.7 Å². The molecule has 0 aliphatic carbocycles. The first-order chi connectivity index (χ1) is 32.7. The molecule has 0 aromatic carbocycles. The molecule has 0 saturated heterocycles. The molecule has 0 fully saturated rings. The average molecular weight is 951 g/mol. The predicted octanol–water partition coefficient (Wildman–Crippen LogP) is 14.7. The molecule has 0 rings (SSSR count). The van der Waals surface area contributed by atoms with Gasteiger partial charge in [0, 0.05) is 45.4 Å². The van der Waals surface area contributed by atoms with Gasteiger partial charge in [0.2, 0.25) is 17.7 Å². The summed E-state index contributed by atoms with van der Waals surface area (Å²) in [6, 6.07) is 0. The molecule has 3 amide bonds. The molecule has 0 saturated carbocycles. The van der Waals surface area contributed by atoms with Gasteiger partial charge in [0.25, 0.3) is 0 Å². The number of amides is 3. The number of nitrogens with one attached hydrogen (secondary N) is 2. The second-order valence-electron chi connectivity index (χ2n) is 20.7. The van der Waals surface area contributed by atoms with Crippen molar-refractivity contribution in [2.75, 3.05) is 26.2 Å². The summed E-state index contributed by atoms with van der Waals surface area (Å²) in [5, 5.41) is 36.7. The molecule has 9 heteroatoms. The van der Waals surface area contributed by atoms with Crippen LogP contribution < -0.4 is 10.6 Å². The van der Waals surface area contributed by atoms with Crippen LogP contribution in [0.4, 0.5) is 0 Å². The first-order valence-corrected chi connectivity index (χ1v) is 29.6. The lowest BCUT2D eigenvalue weighted by atomic mass is 10.0. The van der Waals surface area contributed by atoms with E-state index in [0.29, 0.717) is 45.4 Å². The number of carbonyl (C=O) groups is 3. The monoisotopic (exact) mass is 950 g/mol. The maximum atomic E-state index is 13.4. The van der Waals surface area contributed by atoms with E-state index in [1.54, 1.807) is 0 Å². The highest BCUT2D eigenvalue weighted by molar-refractivity contribution is 5.78. The molecular weight excluding hydrogens is 835 g/mol. The zero-order valence-electron chi connectivity index (χ0n) is 44.9. The van der Waals surface area contributed by atoms with Gasteiger partial charge in [-0.1, -0.05) is 233 Å². The van der Waals surface area contributed by atoms with E-state index in [0.717, 1.165) is 135 Å². The second-order valence-corrected chi connectivity index (χ2v) is 20.7. The van der Waals surface area contributed by atoms with E-state index >= 15 is 0 Å². The molecule has 0 aromatic heterocycles. The van der Waals surface area contributed by atoms with Crippen molar-refractivity contribution in [1.82, 2.24) is 15.5 Å². The molecule has 0 radical (unpaired) electrons. The number of rotatable bonds is 54. The third-order valence-electron chi connectivity index (χ3n) is 14.0. The lowest BCUT2D eigenvalue weighted by Crippen LogP contribution is -2.42. The maximum absolute atomic E-state index is 13.4. The summed E-state index contributed by atoms with van der Waals surface area (Å²) < 4.78 is 0. The third kappa shape index (κ3) is 49.1. The summed E-state index contributed by atoms with van der Waals surface area (Å²) in [5.41, 5.74) is 0. The Morgan fingerprint density at radius 3 is 0.821 bits per heavy atom. The maximum Gasteiger partial charge on any atom is 0.222 e. The number of nitrogens with zero attached hydrogens (tertiary/aromatic N) is 1. The van der Waals surface area contributed by atoms with Crippen molar-refractivity contribution in [2.24, 2.45) is 0 Å². The molecule has 3 atom stereocenters. The van der Waals surface area contributed by atoms with Crippen LogP contribution in [0, 0.1) is 0 Å². The Hall–Kier alpha value is -1.71. The highest BCUT2D eigenvalue weighted by atomic mass is 16.3. The van der Waals surface area contributed by atoms with Crippen LogP contribution in [0.2, 0.25) is 0 Å². The SMILES string of the molecule is CCCCCCC(O)CCCCCCCCCCC(=O)NCCN(CCNC(=O)CCCCCCCCCCC(O)CCCCCC)C(=O)CCCCCCCCCCC(O)CCCCCC. The van der Waals surface area contributed by atoms with Crippen LogP contribution in [0.15, 0.2) is 0 Å². The lowest BCUT2D eigenvalue weighted by molar-refractivity contribution is -0.132. The molecular formula is C58H115N3O6. The van der Waals surface area contributed by atoms with Crippen LogP contribution in [-0.4, -0.2) is 82.4 Å². The van der Waals surface area contributed by atoms with E-state index in [9.17, 15) is 29.7 Å². The molecule has 0 aliphatic heterocycles. The Labute approximate surface area is 415 Å². The van der Waals surface area contributed by atoms with Gasteiger partial charge in [-0.2, -0.15) is 0 Å². The Morgan fingerprint density at radius 1 is 0.328 bits per heavy atom. The molecule has 398 valence electrons. The number of aliphatic hydroxyl groups excluding tert-OH is 3. The minimum absolute atomic E-state index is 0.0517. The number of unbranched alkanes of at least 4 members (excludes halogenated alkanes) is 30. The number of hydrogen-bond acceptors (Lipinski definition) is 6. The van der Waals surface area contributed by atoms with E-state index in [4.69, 9.17) is 0 Å². The Bertz CT molecular complexity index is 1010. The van der Waals surface area contributed by atoms with Gasteiger partial charge in [-0.05, 0) is 57.8 Å². The standard InChI is InChI=1S/C58H115N3O6/c1-4-7-10-31-40-53(62)43-34-25-19-13-16-22-28-37-46-56(65)59-49-51-61(58(67)48-39-30-24-18-15-21-27-36-45-55(64)42-33-12-9-6-3)52-50-60-57(66)47-38-29-23-17-14-20-26-35-44-54(63)41-32-11-8-5-2/h53-55,62-64H,4-52H2,1-3H3,(H,59,65)(H,60,66). The molecule has 0 bridgehead atoms. The van der Waals surface area contributed by atoms with Crippen LogP contribution in [-0.2, 0) is 14.4 Å². The van der Waals surface area contributed by atoms with Crippen LogP contribution >= 0.6 is 0 Å². The fourth-order valence-electron chi connectivity index (χ4n) is 9.38. The summed E-state index contributed by atoms with van der Waals surface area (Å²) in [6.07, 6.45) is 48.6. The van der Waals surface area contributed by atoms with Gasteiger partial charge < -0.3 is 30.9 Å². The minimum Gasteiger partial charge on any atom is -0.393 e. The van der Waals surface area contributed by atoms with Crippen molar-refractivity contribution in [1.29, 1.82) is 0 Å². The lowest BCUT2D eigenvalue weighted by Gasteiger charge is -2.23. The predicted molar refractivity (Wildman–Crippen MR) is 285 cm³/mol. The van der Waals surface area contributed by atoms with Crippen molar-refractivity contribution in [3.8, 4) is 0 Å². The van der Waals surface area contributed by atoms with Gasteiger partial charge in [-0.3, -0.25) is 14.4 Å². The normalized spacial score (nSPS) is 12.9. The van der Waals surface area contributed by atoms with Crippen LogP contribution in [0.3, 0.4) is 0 Å². The molecule has 0 heterocycles. The zero-order chi connectivity index (χ0) is 49.1. The van der Waals surface area contributed by atoms with Crippen molar-refractivity contribution in [3.05, 3.63) is 0 Å². The highest BCUT2D eigenvalue weighted by Gasteiger charge is 2.15. The fourth-order valence-corrected chi connectivity index (χ4v) is 9.38. The molecule has 67 heavy (non-hydrogen) atoms. The zero-order valence-corrected chi connectivity index (χ0v) is 44.9. The van der Waals surface area contributed by atoms with E-state index in [2.05, 4.69) is 31.4 Å². The van der Waals surface area contributed by atoms with E-state index < -0.39 is 0 Å². The van der Waals surface area contributed by atoms with Crippen molar-refractivity contribution in [3.63, 3.8) is 0 Å². The second kappa shape index (κ2) is 52.1. The van der Waals surface area contributed by atoms with Gasteiger partial charge in [0.05, 0.1) is 18.3 Å². The summed E-state index contributed by atoms with van der Waals surface area (Å²) in [5.74, 6) is 0.209. The number of carbonyl (C=O) groups excluding carboxylic acids is 3. The Morgan fingerprint density at radius 2 is 0.552 bits per heavy atom. The average Bonchev–Trinajstić information content (AvgIpc) is 3.31. The molecule has 9 nitrogen and oxygen atoms in total. The Kier molecular flexibility index (Phi) is 50.8. The van der Waals surface area contributed by atoms with Crippen molar-refractivity contribution < 1.29 is 29.7 Å². The number of hydrogen-bond donors (Lipinski definition) is 5. The Balaban J connectivity index is 4.39. The van der Waals surface area contributed by atoms with Gasteiger partial charge in [-0.15, -0.1) is 0 Å². The third-order valence-corrected chi connectivity index (χ3v) is 14.0. The molecule has 0 spiro atoms. The van der Waals surface area contributed by atoms with Gasteiger partial charge in [0.15, 0.2) is 0 Å². The molecule has 0 aromatic rings. The summed E-state index contributed by atoms with van der Waals surface area (Å²) in [6.45, 7) is 8.45. The van der Waals surface area contributed by atoms with E-state index in [1.807, 2.05) is 4.90 Å². The van der Waals surface area contributed by atoms with Gasteiger partial charge in [-0.25, -0.2) is 0 Å². The first kappa shape index (κ1) is 65.3. The molecule has 5 N–H and O–H groups in total. The summed E-state index contributed by atoms with van der Waals surface area (Å²) in [7, 11) is 0. The summed E-state index contributed by atoms with van der Waals surface area (Å²) in [4.78, 5) is 40.6. The smallest absolute Gasteiger partial charge is 0.222 e. The van der Waals surface area contributed by atoms with Gasteiger partial charge >= 0.3 is 0 Å². The summed E-state index contributed by atoms with van der Waals surface area (Å²) >= 11 is 0. The first-order valence-electron chi connectivity index (χ1n) is 29.6. The van der Waals surface area contributed by atoms with Crippen LogP contribution in [0.5, 0.6) is 0 Å². The molecule has 3 unspecified atom stereocenters. The van der Waals surface area contributed by atoms with Gasteiger partial charge in [0.1, 0.15) is 0 Å². The number of aliphatic hydroxyl groups is 3. The minimum atomic E-state index is -0.132. The topological polar surface area (TPSA) is 139 Å². The van der Waals surface area contributed by atoms with Crippen LogP contribution in [0.25, 0.3) is 0 Å². The quantitative estimate of drug-likeness (QED) is 0.0385. The largest absolute Gasteiger partial charge is 0.393 e. The van der Waals surface area contributed by atoms with Crippen LogP contribution in [0.1, 0.15) is 310 Å².